The molecule has 7 nitrogen and oxygen atoms in total. The Hall–Kier alpha value is -2.62. The van der Waals surface area contributed by atoms with Crippen molar-refractivity contribution in [3.8, 4) is 0 Å². The minimum Gasteiger partial charge on any atom is -0.371 e. The van der Waals surface area contributed by atoms with Gasteiger partial charge in [-0.2, -0.15) is 11.8 Å². The molecule has 3 heterocycles. The van der Waals surface area contributed by atoms with Crippen LogP contribution in [0.1, 0.15) is 18.4 Å². The van der Waals surface area contributed by atoms with E-state index >= 15 is 0 Å². The molecular weight excluding hydrogens is 562 g/mol. The van der Waals surface area contributed by atoms with Gasteiger partial charge in [-0.1, -0.05) is 34.1 Å². The molecule has 2 N–H and O–H groups in total. The lowest BCUT2D eigenvalue weighted by Crippen LogP contribution is -2.56. The highest BCUT2D eigenvalue weighted by atomic mass is 79.9. The number of rotatable bonds is 8. The molecule has 9 heteroatoms. The molecule has 38 heavy (non-hydrogen) atoms. The minimum absolute atomic E-state index is 0.0119. The van der Waals surface area contributed by atoms with Gasteiger partial charge in [0.2, 0.25) is 11.8 Å². The van der Waals surface area contributed by atoms with Gasteiger partial charge in [0, 0.05) is 79.2 Å². The average molecular weight is 597 g/mol. The first-order valence-corrected chi connectivity index (χ1v) is 15.2. The number of halogens is 1. The summed E-state index contributed by atoms with van der Waals surface area (Å²) >= 11 is 5.40. The van der Waals surface area contributed by atoms with Crippen molar-refractivity contribution in [1.29, 1.82) is 0 Å². The monoisotopic (exact) mass is 595 g/mol. The molecule has 0 aliphatic carbocycles. The van der Waals surface area contributed by atoms with Gasteiger partial charge in [0.1, 0.15) is 6.04 Å². The summed E-state index contributed by atoms with van der Waals surface area (Å²) in [6.07, 6.45) is 5.15. The summed E-state index contributed by atoms with van der Waals surface area (Å²) in [4.78, 5) is 35.0. The zero-order valence-electron chi connectivity index (χ0n) is 21.4. The molecule has 0 radical (unpaired) electrons. The predicted molar refractivity (Wildman–Crippen MR) is 158 cm³/mol. The molecule has 2 aromatic carbocycles. The molecule has 0 spiro atoms. The number of carbonyl (C=O) groups is 2. The molecular formula is C29H34BrN5O2S. The molecule has 2 aliphatic rings. The van der Waals surface area contributed by atoms with Crippen molar-refractivity contribution in [2.45, 2.75) is 25.4 Å². The molecule has 1 atom stereocenters. The van der Waals surface area contributed by atoms with Gasteiger partial charge in [-0.25, -0.2) is 0 Å². The van der Waals surface area contributed by atoms with Gasteiger partial charge in [0.05, 0.1) is 0 Å². The summed E-state index contributed by atoms with van der Waals surface area (Å²) in [7, 11) is 0. The number of hydrogen-bond donors (Lipinski definition) is 2. The number of hydrogen-bond acceptors (Lipinski definition) is 6. The van der Waals surface area contributed by atoms with E-state index in [1.165, 1.54) is 10.8 Å². The van der Waals surface area contributed by atoms with Crippen LogP contribution in [0.4, 0.5) is 5.69 Å². The average Bonchev–Trinajstić information content (AvgIpc) is 2.97. The highest BCUT2D eigenvalue weighted by molar-refractivity contribution is 9.10. The van der Waals surface area contributed by atoms with Crippen LogP contribution < -0.4 is 15.5 Å². The van der Waals surface area contributed by atoms with E-state index in [0.29, 0.717) is 13.1 Å². The molecule has 2 fully saturated rings. The van der Waals surface area contributed by atoms with Crippen molar-refractivity contribution in [1.82, 2.24) is 20.5 Å². The molecule has 2 aliphatic heterocycles. The Kier molecular flexibility index (Phi) is 9.19. The number of aromatic nitrogens is 1. The molecule has 2 saturated heterocycles. The zero-order valence-corrected chi connectivity index (χ0v) is 23.8. The van der Waals surface area contributed by atoms with E-state index in [1.807, 2.05) is 34.9 Å². The predicted octanol–water partition coefficient (Wildman–Crippen LogP) is 4.06. The first kappa shape index (κ1) is 27.0. The number of pyridine rings is 1. The number of amides is 2. The maximum absolute atomic E-state index is 13.4. The standard InChI is InChI=1S/C29H34BrN5O2S/c30-25-4-3-23-17-21(1-2-24(23)18-25)19-32-20-27(29(37)35-13-15-38-16-14-35)33-28(36)22-7-11-34(12-8-22)26-5-9-31-10-6-26/h1-6,9-10,17-18,22,27,32H,7-8,11-16,19-20H2,(H,33,36). The van der Waals surface area contributed by atoms with E-state index in [-0.39, 0.29) is 17.7 Å². The normalized spacial score (nSPS) is 17.4. The SMILES string of the molecule is O=C(NC(CNCc1ccc2cc(Br)ccc2c1)C(=O)N1CCSCC1)C1CCN(c2ccncc2)CC1. The number of carbonyl (C=O) groups excluding carboxylic acids is 2. The van der Waals surface area contributed by atoms with E-state index < -0.39 is 6.04 Å². The number of fused-ring (bicyclic) bond motifs is 1. The number of nitrogens with zero attached hydrogens (tertiary/aromatic N) is 3. The Morgan fingerprint density at radius 1 is 0.974 bits per heavy atom. The number of anilines is 1. The Morgan fingerprint density at radius 3 is 2.45 bits per heavy atom. The van der Waals surface area contributed by atoms with E-state index in [4.69, 9.17) is 0 Å². The summed E-state index contributed by atoms with van der Waals surface area (Å²) in [5.74, 6) is 1.81. The number of thioether (sulfide) groups is 1. The summed E-state index contributed by atoms with van der Waals surface area (Å²) < 4.78 is 1.06. The number of nitrogens with one attached hydrogen (secondary N) is 2. The van der Waals surface area contributed by atoms with Gasteiger partial charge in [-0.05, 0) is 59.5 Å². The second-order valence-corrected chi connectivity index (χ2v) is 12.1. The molecule has 5 rings (SSSR count). The summed E-state index contributed by atoms with van der Waals surface area (Å²) in [6, 6.07) is 16.1. The van der Waals surface area contributed by atoms with Crippen LogP contribution in [0.25, 0.3) is 10.8 Å². The van der Waals surface area contributed by atoms with Crippen molar-refractivity contribution in [2.24, 2.45) is 5.92 Å². The van der Waals surface area contributed by atoms with Crippen LogP contribution in [0.5, 0.6) is 0 Å². The van der Waals surface area contributed by atoms with E-state index in [2.05, 4.69) is 66.8 Å². The maximum atomic E-state index is 13.4. The van der Waals surface area contributed by atoms with Gasteiger partial charge in [0.15, 0.2) is 0 Å². The van der Waals surface area contributed by atoms with Crippen molar-refractivity contribution >= 4 is 56.0 Å². The van der Waals surface area contributed by atoms with Crippen molar-refractivity contribution < 1.29 is 9.59 Å². The smallest absolute Gasteiger partial charge is 0.246 e. The molecule has 200 valence electrons. The highest BCUT2D eigenvalue weighted by Gasteiger charge is 2.31. The van der Waals surface area contributed by atoms with Gasteiger partial charge in [0.25, 0.3) is 0 Å². The van der Waals surface area contributed by atoms with Gasteiger partial charge < -0.3 is 20.4 Å². The third kappa shape index (κ3) is 6.87. The minimum atomic E-state index is -0.569. The van der Waals surface area contributed by atoms with Crippen molar-refractivity contribution in [2.75, 3.05) is 49.1 Å². The second kappa shape index (κ2) is 13.0. The van der Waals surface area contributed by atoms with Crippen LogP contribution >= 0.6 is 27.7 Å². The summed E-state index contributed by atoms with van der Waals surface area (Å²) in [6.45, 7) is 4.15. The lowest BCUT2D eigenvalue weighted by atomic mass is 9.95. The van der Waals surface area contributed by atoms with Crippen molar-refractivity contribution in [3.63, 3.8) is 0 Å². The fraction of sp³-hybridized carbons (Fsp3) is 0.414. The fourth-order valence-corrected chi connectivity index (χ4v) is 6.47. The van der Waals surface area contributed by atoms with Gasteiger partial charge >= 0.3 is 0 Å². The molecule has 2 amide bonds. The zero-order chi connectivity index (χ0) is 26.3. The molecule has 0 saturated carbocycles. The van der Waals surface area contributed by atoms with Gasteiger partial charge in [-0.15, -0.1) is 0 Å². The van der Waals surface area contributed by atoms with Crippen LogP contribution in [0.15, 0.2) is 65.4 Å². The first-order valence-electron chi connectivity index (χ1n) is 13.3. The molecule has 1 unspecified atom stereocenters. The third-order valence-corrected chi connectivity index (χ3v) is 8.81. The van der Waals surface area contributed by atoms with Crippen LogP contribution in [0.3, 0.4) is 0 Å². The van der Waals surface area contributed by atoms with E-state index in [0.717, 1.165) is 66.2 Å². The Labute approximate surface area is 236 Å². The van der Waals surface area contributed by atoms with Gasteiger partial charge in [-0.3, -0.25) is 14.6 Å². The topological polar surface area (TPSA) is 77.6 Å². The largest absolute Gasteiger partial charge is 0.371 e. The second-order valence-electron chi connectivity index (χ2n) is 9.92. The first-order chi connectivity index (χ1) is 18.6. The van der Waals surface area contributed by atoms with Crippen LogP contribution in [-0.2, 0) is 16.1 Å². The third-order valence-electron chi connectivity index (χ3n) is 7.38. The quantitative estimate of drug-likeness (QED) is 0.409. The van der Waals surface area contributed by atoms with Crippen LogP contribution in [0.2, 0.25) is 0 Å². The van der Waals surface area contributed by atoms with Crippen LogP contribution in [0, 0.1) is 5.92 Å². The molecule has 0 bridgehead atoms. The Balaban J connectivity index is 1.19. The number of benzene rings is 2. The number of piperidine rings is 1. The maximum Gasteiger partial charge on any atom is 0.246 e. The fourth-order valence-electron chi connectivity index (χ4n) is 5.19. The summed E-state index contributed by atoms with van der Waals surface area (Å²) in [5, 5.41) is 8.93. The Morgan fingerprint density at radius 2 is 1.68 bits per heavy atom. The van der Waals surface area contributed by atoms with E-state index in [9.17, 15) is 9.59 Å². The van der Waals surface area contributed by atoms with Crippen molar-refractivity contribution in [3.05, 3.63) is 71.0 Å². The van der Waals surface area contributed by atoms with E-state index in [1.54, 1.807) is 12.4 Å². The highest BCUT2D eigenvalue weighted by Crippen LogP contribution is 2.23. The Bertz CT molecular complexity index is 1250. The van der Waals surface area contributed by atoms with Crippen LogP contribution in [-0.4, -0.2) is 72.0 Å². The lowest BCUT2D eigenvalue weighted by molar-refractivity contribution is -0.137. The molecule has 3 aromatic rings. The lowest BCUT2D eigenvalue weighted by Gasteiger charge is -2.34. The summed E-state index contributed by atoms with van der Waals surface area (Å²) in [5.41, 5.74) is 2.29. The molecule has 1 aromatic heterocycles.